The number of hydrogen-bond donors (Lipinski definition) is 2. The zero-order chi connectivity index (χ0) is 9.68. The number of hydrogen-bond acceptors (Lipinski definition) is 3. The van der Waals surface area contributed by atoms with Crippen molar-refractivity contribution in [2.75, 3.05) is 0 Å². The van der Waals surface area contributed by atoms with Gasteiger partial charge in [0.1, 0.15) is 0 Å². The highest BCUT2D eigenvalue weighted by Crippen LogP contribution is 2.04. The number of rotatable bonds is 4. The number of thiol groups is 1. The first-order chi connectivity index (χ1) is 6.22. The fourth-order valence-electron chi connectivity index (χ4n) is 0.992. The summed E-state index contributed by atoms with van der Waals surface area (Å²) < 4.78 is 0. The van der Waals surface area contributed by atoms with Crippen LogP contribution in [0.5, 0.6) is 0 Å². The monoisotopic (exact) mass is 197 g/mol. The lowest BCUT2D eigenvalue weighted by Crippen LogP contribution is -2.00. The zero-order valence-corrected chi connectivity index (χ0v) is 8.00. The Bertz CT molecular complexity index is 301. The van der Waals surface area contributed by atoms with E-state index in [1.54, 1.807) is 0 Å². The second-order valence-electron chi connectivity index (χ2n) is 2.67. The summed E-state index contributed by atoms with van der Waals surface area (Å²) in [5.41, 5.74) is 1.69. The van der Waals surface area contributed by atoms with E-state index in [1.807, 2.05) is 18.2 Å². The number of aryl methyl sites for hydroxylation is 1. The van der Waals surface area contributed by atoms with Gasteiger partial charge in [-0.2, -0.15) is 12.6 Å². The Morgan fingerprint density at radius 2 is 2.15 bits per heavy atom. The topological polar surface area (TPSA) is 50.2 Å². The molecule has 0 aliphatic rings. The lowest BCUT2D eigenvalue weighted by atomic mass is 10.2. The third kappa shape index (κ3) is 3.46. The van der Waals surface area contributed by atoms with Crippen LogP contribution in [0.4, 0.5) is 0 Å². The average molecular weight is 197 g/mol. The third-order valence-corrected chi connectivity index (χ3v) is 1.95. The molecule has 0 aromatic carbocycles. The van der Waals surface area contributed by atoms with Gasteiger partial charge in [-0.05, 0) is 12.1 Å². The summed E-state index contributed by atoms with van der Waals surface area (Å²) in [6.07, 6.45) is 0.611. The van der Waals surface area contributed by atoms with E-state index in [9.17, 15) is 4.79 Å². The first kappa shape index (κ1) is 10.1. The van der Waals surface area contributed by atoms with Gasteiger partial charge in [0.05, 0.1) is 12.1 Å². The summed E-state index contributed by atoms with van der Waals surface area (Å²) in [5.74, 6) is -0.209. The smallest absolute Gasteiger partial charge is 0.303 e. The van der Waals surface area contributed by atoms with Crippen molar-refractivity contribution in [2.24, 2.45) is 0 Å². The Morgan fingerprint density at radius 3 is 2.77 bits per heavy atom. The summed E-state index contributed by atoms with van der Waals surface area (Å²) in [6, 6.07) is 5.57. The molecule has 1 rings (SSSR count). The van der Waals surface area contributed by atoms with E-state index in [-0.39, 0.29) is 6.42 Å². The molecular weight excluding hydrogens is 186 g/mol. The van der Waals surface area contributed by atoms with Gasteiger partial charge < -0.3 is 5.11 Å². The van der Waals surface area contributed by atoms with Crippen molar-refractivity contribution in [1.82, 2.24) is 4.98 Å². The molecule has 0 unspecified atom stereocenters. The summed E-state index contributed by atoms with van der Waals surface area (Å²) >= 11 is 4.09. The number of pyridine rings is 1. The van der Waals surface area contributed by atoms with E-state index < -0.39 is 5.97 Å². The van der Waals surface area contributed by atoms with Crippen molar-refractivity contribution < 1.29 is 9.90 Å². The van der Waals surface area contributed by atoms with E-state index in [1.165, 1.54) is 0 Å². The second-order valence-corrected chi connectivity index (χ2v) is 2.99. The Morgan fingerprint density at radius 1 is 1.46 bits per heavy atom. The molecule has 1 heterocycles. The molecule has 0 aliphatic heterocycles. The first-order valence-corrected chi connectivity index (χ1v) is 4.63. The number of carbonyl (C=O) groups is 1. The quantitative estimate of drug-likeness (QED) is 0.720. The highest BCUT2D eigenvalue weighted by atomic mass is 32.1. The molecule has 0 saturated heterocycles. The molecule has 13 heavy (non-hydrogen) atoms. The molecule has 4 heteroatoms. The molecule has 1 N–H and O–H groups in total. The van der Waals surface area contributed by atoms with Gasteiger partial charge in [-0.1, -0.05) is 6.07 Å². The van der Waals surface area contributed by atoms with E-state index in [0.717, 1.165) is 11.4 Å². The predicted octanol–water partition coefficient (Wildman–Crippen LogP) is 1.53. The summed E-state index contributed by atoms with van der Waals surface area (Å²) in [6.45, 7) is 0. The standard InChI is InChI=1S/C9H11NO2S/c11-9(12)5-4-7-2-1-3-8(6-13)10-7/h1-3,13H,4-6H2,(H,11,12). The van der Waals surface area contributed by atoms with Crippen molar-refractivity contribution in [2.45, 2.75) is 18.6 Å². The van der Waals surface area contributed by atoms with Crippen LogP contribution in [-0.2, 0) is 17.0 Å². The molecule has 70 valence electrons. The molecule has 0 radical (unpaired) electrons. The molecular formula is C9H11NO2S. The lowest BCUT2D eigenvalue weighted by molar-refractivity contribution is -0.136. The van der Waals surface area contributed by atoms with E-state index in [0.29, 0.717) is 12.2 Å². The Kier molecular flexibility index (Phi) is 3.76. The number of aliphatic carboxylic acids is 1. The van der Waals surface area contributed by atoms with Crippen molar-refractivity contribution in [3.8, 4) is 0 Å². The zero-order valence-electron chi connectivity index (χ0n) is 7.10. The summed E-state index contributed by atoms with van der Waals surface area (Å²) in [7, 11) is 0. The molecule has 0 amide bonds. The van der Waals surface area contributed by atoms with E-state index in [4.69, 9.17) is 5.11 Å². The molecule has 0 aliphatic carbocycles. The van der Waals surface area contributed by atoms with Crippen LogP contribution < -0.4 is 0 Å². The molecule has 0 saturated carbocycles. The van der Waals surface area contributed by atoms with Crippen LogP contribution in [-0.4, -0.2) is 16.1 Å². The van der Waals surface area contributed by atoms with Gasteiger partial charge in [-0.3, -0.25) is 9.78 Å². The number of carboxylic acids is 1. The number of aromatic nitrogens is 1. The Hall–Kier alpha value is -1.03. The van der Waals surface area contributed by atoms with Crippen LogP contribution in [0.2, 0.25) is 0 Å². The molecule has 0 atom stereocenters. The minimum Gasteiger partial charge on any atom is -0.481 e. The van der Waals surface area contributed by atoms with Crippen LogP contribution in [0.3, 0.4) is 0 Å². The van der Waals surface area contributed by atoms with E-state index >= 15 is 0 Å². The maximum Gasteiger partial charge on any atom is 0.303 e. The molecule has 3 nitrogen and oxygen atoms in total. The first-order valence-electron chi connectivity index (χ1n) is 4.00. The van der Waals surface area contributed by atoms with Gasteiger partial charge in [0.25, 0.3) is 0 Å². The van der Waals surface area contributed by atoms with Crippen LogP contribution in [0, 0.1) is 0 Å². The van der Waals surface area contributed by atoms with Crippen LogP contribution >= 0.6 is 12.6 Å². The Labute approximate surface area is 82.2 Å². The predicted molar refractivity (Wildman–Crippen MR) is 52.9 cm³/mol. The number of carboxylic acid groups (broad SMARTS) is 1. The minimum atomic E-state index is -0.793. The molecule has 1 aromatic heterocycles. The third-order valence-electron chi connectivity index (χ3n) is 1.62. The SMILES string of the molecule is O=C(O)CCc1cccc(CS)n1. The van der Waals surface area contributed by atoms with Gasteiger partial charge in [0.15, 0.2) is 0 Å². The van der Waals surface area contributed by atoms with Gasteiger partial charge in [-0.15, -0.1) is 0 Å². The van der Waals surface area contributed by atoms with E-state index in [2.05, 4.69) is 17.6 Å². The minimum absolute atomic E-state index is 0.128. The maximum atomic E-state index is 10.3. The molecule has 0 spiro atoms. The normalized spacial score (nSPS) is 9.92. The fraction of sp³-hybridized carbons (Fsp3) is 0.333. The van der Waals surface area contributed by atoms with Crippen molar-refractivity contribution in [1.29, 1.82) is 0 Å². The van der Waals surface area contributed by atoms with Crippen molar-refractivity contribution in [3.63, 3.8) is 0 Å². The van der Waals surface area contributed by atoms with Gasteiger partial charge >= 0.3 is 5.97 Å². The molecule has 0 bridgehead atoms. The lowest BCUT2D eigenvalue weighted by Gasteiger charge is -1.99. The summed E-state index contributed by atoms with van der Waals surface area (Å²) in [5, 5.41) is 8.46. The highest BCUT2D eigenvalue weighted by molar-refractivity contribution is 7.79. The van der Waals surface area contributed by atoms with Crippen LogP contribution in [0.25, 0.3) is 0 Å². The second kappa shape index (κ2) is 4.87. The van der Waals surface area contributed by atoms with Crippen molar-refractivity contribution in [3.05, 3.63) is 29.6 Å². The highest BCUT2D eigenvalue weighted by Gasteiger charge is 2.00. The van der Waals surface area contributed by atoms with Crippen LogP contribution in [0.1, 0.15) is 17.8 Å². The molecule has 0 fully saturated rings. The van der Waals surface area contributed by atoms with Gasteiger partial charge in [0.2, 0.25) is 0 Å². The fourth-order valence-corrected chi connectivity index (χ4v) is 1.17. The van der Waals surface area contributed by atoms with Crippen LogP contribution in [0.15, 0.2) is 18.2 Å². The molecule has 1 aromatic rings. The number of nitrogens with zero attached hydrogens (tertiary/aromatic N) is 1. The maximum absolute atomic E-state index is 10.3. The Balaban J connectivity index is 2.61. The largest absolute Gasteiger partial charge is 0.481 e. The van der Waals surface area contributed by atoms with Gasteiger partial charge in [-0.25, -0.2) is 0 Å². The van der Waals surface area contributed by atoms with Crippen molar-refractivity contribution >= 4 is 18.6 Å². The average Bonchev–Trinajstić information content (AvgIpc) is 2.15. The van der Waals surface area contributed by atoms with Gasteiger partial charge in [0, 0.05) is 17.9 Å². The summed E-state index contributed by atoms with van der Waals surface area (Å²) in [4.78, 5) is 14.5.